The lowest BCUT2D eigenvalue weighted by atomic mass is 9.65. The molecule has 0 unspecified atom stereocenters. The summed E-state index contributed by atoms with van der Waals surface area (Å²) >= 11 is 0. The molecule has 1 aliphatic carbocycles. The van der Waals surface area contributed by atoms with E-state index in [9.17, 15) is 0 Å². The van der Waals surface area contributed by atoms with E-state index in [-0.39, 0.29) is 0 Å². The number of aromatic nitrogens is 4. The van der Waals surface area contributed by atoms with Gasteiger partial charge in [-0.1, -0.05) is 164 Å². The monoisotopic (exact) mass is 662 g/mol. The SMILES string of the molecule is c1ccc(-c2ccc(-c3nc(-c4ccccc4)cc(-c4nc5cccc6c5n4-c4ccccc4C64c5ccccc5-c5ccccc54)n3)cc2)cc1. The van der Waals surface area contributed by atoms with E-state index >= 15 is 0 Å². The Kier molecular flexibility index (Phi) is 6.13. The van der Waals surface area contributed by atoms with Gasteiger partial charge in [-0.05, 0) is 62.7 Å². The molecule has 4 nitrogen and oxygen atoms in total. The highest BCUT2D eigenvalue weighted by molar-refractivity contribution is 5.97. The molecule has 1 aliphatic heterocycles. The normalized spacial score (nSPS) is 13.2. The lowest BCUT2D eigenvalue weighted by Gasteiger charge is -2.39. The fourth-order valence-electron chi connectivity index (χ4n) is 8.67. The molecule has 0 saturated carbocycles. The van der Waals surface area contributed by atoms with Crippen LogP contribution in [0.5, 0.6) is 0 Å². The molecule has 242 valence electrons. The second-order valence-electron chi connectivity index (χ2n) is 13.6. The number of hydrogen-bond donors (Lipinski definition) is 0. The van der Waals surface area contributed by atoms with E-state index in [1.54, 1.807) is 0 Å². The molecule has 1 spiro atoms. The smallest absolute Gasteiger partial charge is 0.164 e. The molecule has 52 heavy (non-hydrogen) atoms. The van der Waals surface area contributed by atoms with E-state index in [0.29, 0.717) is 5.82 Å². The maximum atomic E-state index is 5.42. The number of imidazole rings is 1. The Bertz CT molecular complexity index is 2790. The van der Waals surface area contributed by atoms with Gasteiger partial charge in [0.05, 0.1) is 27.8 Å². The Morgan fingerprint density at radius 3 is 1.63 bits per heavy atom. The average molecular weight is 663 g/mol. The molecule has 11 rings (SSSR count). The van der Waals surface area contributed by atoms with Crippen LogP contribution in [0.2, 0.25) is 0 Å². The maximum absolute atomic E-state index is 5.42. The van der Waals surface area contributed by atoms with E-state index < -0.39 is 5.41 Å². The molecule has 3 heterocycles. The number of hydrogen-bond acceptors (Lipinski definition) is 3. The predicted molar refractivity (Wildman–Crippen MR) is 209 cm³/mol. The Balaban J connectivity index is 1.18. The highest BCUT2D eigenvalue weighted by Crippen LogP contribution is 2.60. The fraction of sp³-hybridized carbons (Fsp3) is 0.0208. The van der Waals surface area contributed by atoms with Gasteiger partial charge in [-0.3, -0.25) is 4.57 Å². The molecule has 0 bridgehead atoms. The quantitative estimate of drug-likeness (QED) is 0.188. The standard InChI is InChI=1S/C48H30N4/c1-3-14-31(15-4-1)32-26-28-34(29-27-32)46-49-42(33-16-5-2-6-17-33)30-43(50-46)47-51-41-24-13-23-40-45(41)52(47)44-25-12-11-22-39(44)48(40)37-20-9-7-18-35(37)36-19-8-10-21-38(36)48/h1-30H. The number of benzene rings is 7. The van der Waals surface area contributed by atoms with E-state index in [4.69, 9.17) is 15.0 Å². The van der Waals surface area contributed by atoms with Crippen molar-refractivity contribution in [2.24, 2.45) is 0 Å². The zero-order valence-corrected chi connectivity index (χ0v) is 28.1. The van der Waals surface area contributed by atoms with Crippen LogP contribution in [0.3, 0.4) is 0 Å². The summed E-state index contributed by atoms with van der Waals surface area (Å²) in [5, 5.41) is 0. The largest absolute Gasteiger partial charge is 0.290 e. The molecule has 0 N–H and O–H groups in total. The molecular formula is C48H30N4. The molecule has 0 amide bonds. The first-order valence-electron chi connectivity index (χ1n) is 17.7. The van der Waals surface area contributed by atoms with Crippen molar-refractivity contribution in [2.45, 2.75) is 5.41 Å². The van der Waals surface area contributed by atoms with E-state index in [0.717, 1.165) is 50.6 Å². The number of rotatable bonds is 4. The lowest BCUT2D eigenvalue weighted by Crippen LogP contribution is -2.33. The number of nitrogens with zero attached hydrogens (tertiary/aromatic N) is 4. The zero-order valence-electron chi connectivity index (χ0n) is 28.1. The van der Waals surface area contributed by atoms with Crippen LogP contribution in [0.15, 0.2) is 182 Å². The van der Waals surface area contributed by atoms with Gasteiger partial charge in [0, 0.05) is 11.1 Å². The lowest BCUT2D eigenvalue weighted by molar-refractivity contribution is 0.745. The van der Waals surface area contributed by atoms with Crippen LogP contribution < -0.4 is 0 Å². The summed E-state index contributed by atoms with van der Waals surface area (Å²) in [6.45, 7) is 0. The predicted octanol–water partition coefficient (Wildman–Crippen LogP) is 11.2. The molecule has 0 atom stereocenters. The summed E-state index contributed by atoms with van der Waals surface area (Å²) in [7, 11) is 0. The third-order valence-electron chi connectivity index (χ3n) is 10.9. The van der Waals surface area contributed by atoms with Gasteiger partial charge in [0.25, 0.3) is 0 Å². The van der Waals surface area contributed by atoms with Crippen molar-refractivity contribution in [1.82, 2.24) is 19.5 Å². The summed E-state index contributed by atoms with van der Waals surface area (Å²) in [4.78, 5) is 15.9. The van der Waals surface area contributed by atoms with E-state index in [1.165, 1.54) is 38.9 Å². The van der Waals surface area contributed by atoms with Crippen molar-refractivity contribution in [2.75, 3.05) is 0 Å². The van der Waals surface area contributed by atoms with Crippen LogP contribution in [-0.2, 0) is 5.41 Å². The summed E-state index contributed by atoms with van der Waals surface area (Å²) in [6, 6.07) is 64.7. The van der Waals surface area contributed by atoms with Crippen molar-refractivity contribution in [3.05, 3.63) is 204 Å². The third kappa shape index (κ3) is 4.00. The van der Waals surface area contributed by atoms with Gasteiger partial charge in [-0.25, -0.2) is 15.0 Å². The van der Waals surface area contributed by atoms with Crippen LogP contribution in [0.1, 0.15) is 22.3 Å². The first kappa shape index (κ1) is 28.9. The molecule has 7 aromatic carbocycles. The Hall–Kier alpha value is -6.91. The molecule has 9 aromatic rings. The summed E-state index contributed by atoms with van der Waals surface area (Å²) in [6.07, 6.45) is 0. The molecule has 0 fully saturated rings. The highest BCUT2D eigenvalue weighted by Gasteiger charge is 2.50. The molecule has 0 radical (unpaired) electrons. The van der Waals surface area contributed by atoms with Crippen molar-refractivity contribution in [3.63, 3.8) is 0 Å². The van der Waals surface area contributed by atoms with Crippen molar-refractivity contribution < 1.29 is 0 Å². The second kappa shape index (κ2) is 11.0. The average Bonchev–Trinajstić information content (AvgIpc) is 3.76. The van der Waals surface area contributed by atoms with E-state index in [1.807, 2.05) is 12.1 Å². The van der Waals surface area contributed by atoms with Crippen LogP contribution in [-0.4, -0.2) is 19.5 Å². The second-order valence-corrected chi connectivity index (χ2v) is 13.6. The van der Waals surface area contributed by atoms with Crippen LogP contribution in [0, 0.1) is 0 Å². The van der Waals surface area contributed by atoms with Crippen molar-refractivity contribution in [3.8, 4) is 62.1 Å². The van der Waals surface area contributed by atoms with Gasteiger partial charge in [-0.2, -0.15) is 0 Å². The summed E-state index contributed by atoms with van der Waals surface area (Å²) < 4.78 is 2.34. The van der Waals surface area contributed by atoms with Gasteiger partial charge in [-0.15, -0.1) is 0 Å². The van der Waals surface area contributed by atoms with Crippen molar-refractivity contribution >= 4 is 11.0 Å². The molecule has 2 aromatic heterocycles. The molecule has 4 heteroatoms. The Morgan fingerprint density at radius 1 is 0.385 bits per heavy atom. The fourth-order valence-corrected chi connectivity index (χ4v) is 8.67. The first-order chi connectivity index (χ1) is 25.8. The minimum Gasteiger partial charge on any atom is -0.290 e. The minimum absolute atomic E-state index is 0.483. The first-order valence-corrected chi connectivity index (χ1v) is 17.7. The minimum atomic E-state index is -0.483. The highest BCUT2D eigenvalue weighted by atomic mass is 15.1. The zero-order chi connectivity index (χ0) is 34.2. The topological polar surface area (TPSA) is 43.6 Å². The molecule has 0 saturated heterocycles. The van der Waals surface area contributed by atoms with Gasteiger partial charge < -0.3 is 0 Å². The van der Waals surface area contributed by atoms with Crippen molar-refractivity contribution in [1.29, 1.82) is 0 Å². The van der Waals surface area contributed by atoms with Gasteiger partial charge >= 0.3 is 0 Å². The summed E-state index contributed by atoms with van der Waals surface area (Å²) in [5.74, 6) is 1.46. The van der Waals surface area contributed by atoms with Gasteiger partial charge in [0.1, 0.15) is 5.69 Å². The molecule has 2 aliphatic rings. The summed E-state index contributed by atoms with van der Waals surface area (Å²) in [5.41, 5.74) is 16.3. The Labute approximate surface area is 301 Å². The van der Waals surface area contributed by atoms with Gasteiger partial charge in [0.15, 0.2) is 11.6 Å². The van der Waals surface area contributed by atoms with E-state index in [2.05, 4.69) is 174 Å². The maximum Gasteiger partial charge on any atom is 0.164 e. The number of para-hydroxylation sites is 2. The Morgan fingerprint density at radius 2 is 0.923 bits per heavy atom. The van der Waals surface area contributed by atoms with Crippen LogP contribution in [0.4, 0.5) is 0 Å². The third-order valence-corrected chi connectivity index (χ3v) is 10.9. The number of fused-ring (bicyclic) bond motifs is 9. The van der Waals surface area contributed by atoms with Gasteiger partial charge in [0.2, 0.25) is 0 Å². The van der Waals surface area contributed by atoms with Crippen LogP contribution in [0.25, 0.3) is 73.1 Å². The molecular weight excluding hydrogens is 633 g/mol. The van der Waals surface area contributed by atoms with Crippen LogP contribution >= 0.6 is 0 Å².